The Morgan fingerprint density at radius 3 is 1.65 bits per heavy atom. The van der Waals surface area contributed by atoms with E-state index in [0.717, 1.165) is 22.3 Å². The minimum atomic E-state index is -4.48. The van der Waals surface area contributed by atoms with Crippen molar-refractivity contribution in [2.75, 3.05) is 13.2 Å². The van der Waals surface area contributed by atoms with E-state index >= 15 is 0 Å². The minimum Gasteiger partial charge on any atom is -0.490 e. The van der Waals surface area contributed by atoms with Crippen LogP contribution in [0.15, 0.2) is 78.9 Å². The number of rotatable bonds is 7. The summed E-state index contributed by atoms with van der Waals surface area (Å²) in [7, 11) is -4.48. The van der Waals surface area contributed by atoms with Gasteiger partial charge in [0.1, 0.15) is 19.0 Å². The molecule has 0 unspecified atom stereocenters. The van der Waals surface area contributed by atoms with Crippen LogP contribution in [0.4, 0.5) is 0 Å². The van der Waals surface area contributed by atoms with Gasteiger partial charge in [0.15, 0.2) is 0 Å². The normalized spacial score (nSPS) is 11.3. The average Bonchev–Trinajstić information content (AvgIpc) is 2.66. The summed E-state index contributed by atoms with van der Waals surface area (Å²) in [6.45, 7) is -0.306. The van der Waals surface area contributed by atoms with E-state index in [-0.39, 0.29) is 13.2 Å². The summed E-state index contributed by atoms with van der Waals surface area (Å²) in [5, 5.41) is 0. The molecular formula is C20H18O5S. The molecule has 0 saturated heterocycles. The predicted octanol–water partition coefficient (Wildman–Crippen LogP) is 4.22. The first-order valence-corrected chi connectivity index (χ1v) is 9.39. The van der Waals surface area contributed by atoms with Gasteiger partial charge in [0.25, 0.3) is 0 Å². The summed E-state index contributed by atoms with van der Waals surface area (Å²) < 4.78 is 40.3. The molecule has 5 nitrogen and oxygen atoms in total. The lowest BCUT2D eigenvalue weighted by Crippen LogP contribution is -2.12. The van der Waals surface area contributed by atoms with Crippen LogP contribution in [0.3, 0.4) is 0 Å². The standard InChI is InChI=1S/C20H18O5S/c21-26(22,23)25-15-14-24-20-18(16-8-3-1-4-9-16)12-7-13-19(20)17-10-5-2-6-11-17/h1-13H,14-15H2,(H,21,22,23). The smallest absolute Gasteiger partial charge is 0.397 e. The van der Waals surface area contributed by atoms with E-state index in [9.17, 15) is 8.42 Å². The lowest BCUT2D eigenvalue weighted by atomic mass is 9.97. The van der Waals surface area contributed by atoms with Gasteiger partial charge in [-0.1, -0.05) is 78.9 Å². The second-order valence-electron chi connectivity index (χ2n) is 5.51. The zero-order chi connectivity index (χ0) is 18.4. The molecule has 3 aromatic carbocycles. The Bertz CT molecular complexity index is 896. The van der Waals surface area contributed by atoms with E-state index in [4.69, 9.17) is 9.29 Å². The number of benzene rings is 3. The summed E-state index contributed by atoms with van der Waals surface area (Å²) >= 11 is 0. The van der Waals surface area contributed by atoms with Crippen molar-refractivity contribution in [3.63, 3.8) is 0 Å². The third-order valence-corrected chi connectivity index (χ3v) is 4.21. The fourth-order valence-corrected chi connectivity index (χ4v) is 2.94. The summed E-state index contributed by atoms with van der Waals surface area (Å²) in [6, 6.07) is 25.4. The SMILES string of the molecule is O=S(=O)(O)OCCOc1c(-c2ccccc2)cccc1-c1ccccc1. The molecule has 0 spiro atoms. The van der Waals surface area contributed by atoms with Gasteiger partial charge < -0.3 is 4.74 Å². The third kappa shape index (κ3) is 4.70. The Balaban J connectivity index is 1.97. The summed E-state index contributed by atoms with van der Waals surface area (Å²) in [6.07, 6.45) is 0. The van der Waals surface area contributed by atoms with Crippen molar-refractivity contribution in [1.29, 1.82) is 0 Å². The zero-order valence-electron chi connectivity index (χ0n) is 13.9. The van der Waals surface area contributed by atoms with Crippen molar-refractivity contribution in [2.24, 2.45) is 0 Å². The van der Waals surface area contributed by atoms with E-state index in [2.05, 4.69) is 4.18 Å². The van der Waals surface area contributed by atoms with Crippen LogP contribution in [0, 0.1) is 0 Å². The van der Waals surface area contributed by atoms with Gasteiger partial charge in [-0.2, -0.15) is 8.42 Å². The van der Waals surface area contributed by atoms with Crippen LogP contribution in [0.1, 0.15) is 0 Å². The average molecular weight is 370 g/mol. The Morgan fingerprint density at radius 2 is 1.19 bits per heavy atom. The van der Waals surface area contributed by atoms with Crippen molar-refractivity contribution in [3.8, 4) is 28.0 Å². The largest absolute Gasteiger partial charge is 0.490 e. The lowest BCUT2D eigenvalue weighted by molar-refractivity contribution is 0.202. The van der Waals surface area contributed by atoms with E-state index in [0.29, 0.717) is 5.75 Å². The summed E-state index contributed by atoms with van der Waals surface area (Å²) in [4.78, 5) is 0. The second kappa shape index (κ2) is 8.14. The first-order valence-electron chi connectivity index (χ1n) is 8.03. The highest BCUT2D eigenvalue weighted by atomic mass is 32.3. The lowest BCUT2D eigenvalue weighted by Gasteiger charge is -2.16. The van der Waals surface area contributed by atoms with Gasteiger partial charge in [0, 0.05) is 11.1 Å². The Kier molecular flexibility index (Phi) is 5.68. The first-order chi connectivity index (χ1) is 12.5. The minimum absolute atomic E-state index is 0.0243. The molecule has 134 valence electrons. The third-order valence-electron chi connectivity index (χ3n) is 3.75. The van der Waals surface area contributed by atoms with Crippen molar-refractivity contribution in [3.05, 3.63) is 78.9 Å². The molecule has 3 aromatic rings. The van der Waals surface area contributed by atoms with Gasteiger partial charge in [-0.3, -0.25) is 4.55 Å². The van der Waals surface area contributed by atoms with Crippen molar-refractivity contribution in [2.45, 2.75) is 0 Å². The highest BCUT2D eigenvalue weighted by Gasteiger charge is 2.14. The van der Waals surface area contributed by atoms with Crippen molar-refractivity contribution < 1.29 is 21.9 Å². The fourth-order valence-electron chi connectivity index (χ4n) is 2.67. The van der Waals surface area contributed by atoms with Crippen LogP contribution in [-0.2, 0) is 14.6 Å². The summed E-state index contributed by atoms with van der Waals surface area (Å²) in [5.41, 5.74) is 3.74. The van der Waals surface area contributed by atoms with Crippen molar-refractivity contribution in [1.82, 2.24) is 0 Å². The van der Waals surface area contributed by atoms with Crippen LogP contribution < -0.4 is 4.74 Å². The molecule has 0 aliphatic heterocycles. The summed E-state index contributed by atoms with van der Waals surface area (Å²) in [5.74, 6) is 0.629. The molecule has 0 aliphatic rings. The molecule has 0 radical (unpaired) electrons. The topological polar surface area (TPSA) is 72.8 Å². The van der Waals surface area contributed by atoms with Gasteiger partial charge >= 0.3 is 10.4 Å². The number of para-hydroxylation sites is 1. The highest BCUT2D eigenvalue weighted by Crippen LogP contribution is 2.38. The van der Waals surface area contributed by atoms with Crippen LogP contribution in [0.25, 0.3) is 22.3 Å². The maximum absolute atomic E-state index is 10.7. The molecule has 0 amide bonds. The second-order valence-corrected chi connectivity index (χ2v) is 6.60. The maximum atomic E-state index is 10.7. The Morgan fingerprint density at radius 1 is 0.692 bits per heavy atom. The van der Waals surface area contributed by atoms with E-state index < -0.39 is 10.4 Å². The molecule has 26 heavy (non-hydrogen) atoms. The molecule has 6 heteroatoms. The molecule has 3 rings (SSSR count). The Labute approximate surface area is 152 Å². The number of hydrogen-bond acceptors (Lipinski definition) is 4. The maximum Gasteiger partial charge on any atom is 0.397 e. The molecule has 0 fully saturated rings. The van der Waals surface area contributed by atoms with Gasteiger partial charge in [-0.15, -0.1) is 0 Å². The zero-order valence-corrected chi connectivity index (χ0v) is 14.7. The van der Waals surface area contributed by atoms with E-state index in [1.807, 2.05) is 78.9 Å². The van der Waals surface area contributed by atoms with E-state index in [1.54, 1.807) is 0 Å². The molecule has 0 aromatic heterocycles. The van der Waals surface area contributed by atoms with Crippen LogP contribution in [0.2, 0.25) is 0 Å². The molecule has 0 aliphatic carbocycles. The molecule has 0 saturated carbocycles. The van der Waals surface area contributed by atoms with Crippen molar-refractivity contribution >= 4 is 10.4 Å². The van der Waals surface area contributed by atoms with Gasteiger partial charge in [0.05, 0.1) is 0 Å². The number of ether oxygens (including phenoxy) is 1. The molecule has 0 heterocycles. The van der Waals surface area contributed by atoms with Gasteiger partial charge in [-0.05, 0) is 11.1 Å². The van der Waals surface area contributed by atoms with Crippen LogP contribution in [-0.4, -0.2) is 26.2 Å². The van der Waals surface area contributed by atoms with Gasteiger partial charge in [-0.25, -0.2) is 4.18 Å². The fraction of sp³-hybridized carbons (Fsp3) is 0.100. The first kappa shape index (κ1) is 18.1. The Hall–Kier alpha value is -2.67. The number of hydrogen-bond donors (Lipinski definition) is 1. The molecule has 0 bridgehead atoms. The van der Waals surface area contributed by atoms with Gasteiger partial charge in [0.2, 0.25) is 0 Å². The van der Waals surface area contributed by atoms with E-state index in [1.165, 1.54) is 0 Å². The molecular weight excluding hydrogens is 352 g/mol. The quantitative estimate of drug-likeness (QED) is 0.498. The molecule has 0 atom stereocenters. The predicted molar refractivity (Wildman–Crippen MR) is 100 cm³/mol. The monoisotopic (exact) mass is 370 g/mol. The highest BCUT2D eigenvalue weighted by molar-refractivity contribution is 7.80. The van der Waals surface area contributed by atoms with Crippen LogP contribution in [0.5, 0.6) is 5.75 Å². The molecule has 1 N–H and O–H groups in total. The van der Waals surface area contributed by atoms with Crippen LogP contribution >= 0.6 is 0 Å².